The Morgan fingerprint density at radius 2 is 2.21 bits per heavy atom. The van der Waals surface area contributed by atoms with Crippen LogP contribution in [0.2, 0.25) is 5.02 Å². The van der Waals surface area contributed by atoms with Gasteiger partial charge in [0.15, 0.2) is 0 Å². The summed E-state index contributed by atoms with van der Waals surface area (Å²) in [5.74, 6) is 0.262. The fourth-order valence-corrected chi connectivity index (χ4v) is 2.27. The zero-order chi connectivity index (χ0) is 14.0. The lowest BCUT2D eigenvalue weighted by atomic mass is 10.3. The molecule has 0 saturated carbocycles. The van der Waals surface area contributed by atoms with E-state index in [9.17, 15) is 4.79 Å². The molecule has 0 radical (unpaired) electrons. The minimum atomic E-state index is -0.230. The van der Waals surface area contributed by atoms with Crippen molar-refractivity contribution in [3.8, 4) is 0 Å². The molecular weight excluding hydrogens is 330 g/mol. The first-order valence-corrected chi connectivity index (χ1v) is 6.96. The third-order valence-corrected chi connectivity index (χ3v) is 3.21. The van der Waals surface area contributed by atoms with Gasteiger partial charge in [-0.25, -0.2) is 4.98 Å². The Labute approximate surface area is 124 Å². The molecule has 100 valence electrons. The lowest BCUT2D eigenvalue weighted by Gasteiger charge is -2.12. The highest BCUT2D eigenvalue weighted by Crippen LogP contribution is 2.20. The molecule has 2 aromatic rings. The van der Waals surface area contributed by atoms with E-state index in [4.69, 9.17) is 11.6 Å². The molecule has 1 N–H and O–H groups in total. The Hall–Kier alpha value is -1.33. The van der Waals surface area contributed by atoms with Gasteiger partial charge in [0.25, 0.3) is 5.91 Å². The molecule has 0 aliphatic rings. The van der Waals surface area contributed by atoms with Crippen molar-refractivity contribution in [3.63, 3.8) is 0 Å². The number of hydrogen-bond donors (Lipinski definition) is 1. The van der Waals surface area contributed by atoms with Crippen molar-refractivity contribution in [2.24, 2.45) is 0 Å². The third kappa shape index (κ3) is 3.36. The lowest BCUT2D eigenvalue weighted by Crippen LogP contribution is -2.18. The minimum Gasteiger partial charge on any atom is -0.339 e. The molecular formula is C13H13BrClN3O. The summed E-state index contributed by atoms with van der Waals surface area (Å²) < 4.78 is 2.50. The van der Waals surface area contributed by atoms with Crippen LogP contribution < -0.4 is 5.32 Å². The van der Waals surface area contributed by atoms with Crippen LogP contribution in [-0.2, 0) is 0 Å². The topological polar surface area (TPSA) is 46.9 Å². The Kier molecular flexibility index (Phi) is 4.27. The molecule has 4 nitrogen and oxygen atoms in total. The van der Waals surface area contributed by atoms with Crippen LogP contribution in [0.4, 0.5) is 5.82 Å². The van der Waals surface area contributed by atoms with E-state index in [1.807, 2.05) is 18.4 Å². The van der Waals surface area contributed by atoms with Gasteiger partial charge in [0, 0.05) is 12.2 Å². The standard InChI is InChI=1S/C13H13BrClN3O/c1-8(2)18-7-9(15)6-10(18)13(19)17-12-5-3-4-11(14)16-12/h3-8H,1-2H3,(H,16,17,19). The maximum atomic E-state index is 12.2. The zero-order valence-corrected chi connectivity index (χ0v) is 12.9. The van der Waals surface area contributed by atoms with Crippen LogP contribution in [0.1, 0.15) is 30.4 Å². The molecule has 0 fully saturated rings. The molecule has 6 heteroatoms. The van der Waals surface area contributed by atoms with E-state index < -0.39 is 0 Å². The van der Waals surface area contributed by atoms with Crippen molar-refractivity contribution in [2.45, 2.75) is 19.9 Å². The third-order valence-electron chi connectivity index (χ3n) is 2.56. The van der Waals surface area contributed by atoms with E-state index in [2.05, 4.69) is 26.2 Å². The molecule has 19 heavy (non-hydrogen) atoms. The smallest absolute Gasteiger partial charge is 0.273 e. The van der Waals surface area contributed by atoms with Crippen LogP contribution in [0, 0.1) is 0 Å². The second kappa shape index (κ2) is 5.75. The van der Waals surface area contributed by atoms with Crippen molar-refractivity contribution in [1.29, 1.82) is 0 Å². The highest BCUT2D eigenvalue weighted by molar-refractivity contribution is 9.10. The molecule has 0 saturated heterocycles. The molecule has 0 aromatic carbocycles. The van der Waals surface area contributed by atoms with Gasteiger partial charge in [0.05, 0.1) is 5.02 Å². The highest BCUT2D eigenvalue weighted by atomic mass is 79.9. The number of rotatable bonds is 3. The van der Waals surface area contributed by atoms with E-state index >= 15 is 0 Å². The van der Waals surface area contributed by atoms with E-state index in [1.165, 1.54) is 0 Å². The summed E-state index contributed by atoms with van der Waals surface area (Å²) in [5.41, 5.74) is 0.516. The van der Waals surface area contributed by atoms with Gasteiger partial charge in [-0.15, -0.1) is 0 Å². The summed E-state index contributed by atoms with van der Waals surface area (Å²) in [6, 6.07) is 7.13. The predicted octanol–water partition coefficient (Wildman–Crippen LogP) is 4.13. The summed E-state index contributed by atoms with van der Waals surface area (Å²) in [5, 5.41) is 3.29. The largest absolute Gasteiger partial charge is 0.339 e. The molecule has 2 heterocycles. The maximum Gasteiger partial charge on any atom is 0.273 e. The number of hydrogen-bond acceptors (Lipinski definition) is 2. The number of carbonyl (C=O) groups is 1. The second-order valence-electron chi connectivity index (χ2n) is 4.34. The van der Waals surface area contributed by atoms with Crippen LogP contribution in [0.25, 0.3) is 0 Å². The molecule has 0 bridgehead atoms. The molecule has 2 rings (SSSR count). The van der Waals surface area contributed by atoms with Crippen molar-refractivity contribution in [2.75, 3.05) is 5.32 Å². The number of halogens is 2. The SMILES string of the molecule is CC(C)n1cc(Cl)cc1C(=O)Nc1cccc(Br)n1. The molecule has 0 aliphatic carbocycles. The quantitative estimate of drug-likeness (QED) is 0.852. The molecule has 0 unspecified atom stereocenters. The van der Waals surface area contributed by atoms with Crippen molar-refractivity contribution in [1.82, 2.24) is 9.55 Å². The summed E-state index contributed by atoms with van der Waals surface area (Å²) in [7, 11) is 0. The van der Waals surface area contributed by atoms with Crippen LogP contribution in [0.5, 0.6) is 0 Å². The number of nitrogens with one attached hydrogen (secondary N) is 1. The van der Waals surface area contributed by atoms with Gasteiger partial charge in [-0.05, 0) is 48.0 Å². The number of carbonyl (C=O) groups excluding carboxylic acids is 1. The van der Waals surface area contributed by atoms with Gasteiger partial charge in [-0.1, -0.05) is 17.7 Å². The van der Waals surface area contributed by atoms with Crippen molar-refractivity contribution < 1.29 is 4.79 Å². The van der Waals surface area contributed by atoms with Crippen LogP contribution >= 0.6 is 27.5 Å². The number of pyridine rings is 1. The first kappa shape index (κ1) is 14.1. The van der Waals surface area contributed by atoms with Gasteiger partial charge in [0.1, 0.15) is 16.1 Å². The maximum absolute atomic E-state index is 12.2. The Morgan fingerprint density at radius 3 is 2.84 bits per heavy atom. The van der Waals surface area contributed by atoms with E-state index in [-0.39, 0.29) is 11.9 Å². The summed E-state index contributed by atoms with van der Waals surface area (Å²) in [6.07, 6.45) is 1.75. The average molecular weight is 343 g/mol. The number of aromatic nitrogens is 2. The zero-order valence-electron chi connectivity index (χ0n) is 10.5. The van der Waals surface area contributed by atoms with Crippen molar-refractivity contribution >= 4 is 39.3 Å². The van der Waals surface area contributed by atoms with Crippen LogP contribution in [0.3, 0.4) is 0 Å². The summed E-state index contributed by atoms with van der Waals surface area (Å²) in [4.78, 5) is 16.4. The lowest BCUT2D eigenvalue weighted by molar-refractivity contribution is 0.101. The Balaban J connectivity index is 2.25. The first-order valence-electron chi connectivity index (χ1n) is 5.78. The fourth-order valence-electron chi connectivity index (χ4n) is 1.71. The second-order valence-corrected chi connectivity index (χ2v) is 5.59. The van der Waals surface area contributed by atoms with Crippen LogP contribution in [-0.4, -0.2) is 15.5 Å². The Morgan fingerprint density at radius 1 is 1.47 bits per heavy atom. The van der Waals surface area contributed by atoms with Gasteiger partial charge in [-0.2, -0.15) is 0 Å². The van der Waals surface area contributed by atoms with E-state index in [0.717, 1.165) is 0 Å². The van der Waals surface area contributed by atoms with Crippen molar-refractivity contribution in [3.05, 3.63) is 45.8 Å². The molecule has 0 atom stereocenters. The van der Waals surface area contributed by atoms with Gasteiger partial charge in [0.2, 0.25) is 0 Å². The highest BCUT2D eigenvalue weighted by Gasteiger charge is 2.15. The predicted molar refractivity (Wildman–Crippen MR) is 79.7 cm³/mol. The van der Waals surface area contributed by atoms with E-state index in [1.54, 1.807) is 30.5 Å². The molecule has 2 aromatic heterocycles. The van der Waals surface area contributed by atoms with Crippen LogP contribution in [0.15, 0.2) is 35.1 Å². The Bertz CT molecular complexity index is 610. The minimum absolute atomic E-state index is 0.156. The summed E-state index contributed by atoms with van der Waals surface area (Å²) in [6.45, 7) is 3.98. The average Bonchev–Trinajstić information content (AvgIpc) is 2.71. The van der Waals surface area contributed by atoms with Gasteiger partial charge in [-0.3, -0.25) is 4.79 Å². The molecule has 0 aliphatic heterocycles. The molecule has 0 spiro atoms. The first-order chi connectivity index (χ1) is 8.97. The monoisotopic (exact) mass is 341 g/mol. The number of amides is 1. The molecule has 1 amide bonds. The van der Waals surface area contributed by atoms with Gasteiger partial charge >= 0.3 is 0 Å². The van der Waals surface area contributed by atoms with E-state index in [0.29, 0.717) is 21.1 Å². The normalized spacial score (nSPS) is 10.8. The summed E-state index contributed by atoms with van der Waals surface area (Å²) >= 11 is 9.22. The number of nitrogens with zero attached hydrogens (tertiary/aromatic N) is 2. The number of anilines is 1. The fraction of sp³-hybridized carbons (Fsp3) is 0.231. The van der Waals surface area contributed by atoms with Gasteiger partial charge < -0.3 is 9.88 Å².